The molecule has 4 rings (SSSR count). The fourth-order valence-electron chi connectivity index (χ4n) is 4.26. The van der Waals surface area contributed by atoms with Crippen LogP contribution < -0.4 is 47.0 Å². The molecule has 2 saturated heterocycles. The van der Waals surface area contributed by atoms with E-state index >= 15 is 0 Å². The molecule has 0 aromatic carbocycles. The lowest BCUT2D eigenvalue weighted by Gasteiger charge is -2.33. The molecule has 0 amide bonds. The molecule has 0 aliphatic carbocycles. The maximum Gasteiger partial charge on any atom is 0.351 e. The zero-order valence-corrected chi connectivity index (χ0v) is 28.0. The number of phosphoric ester groups is 1. The van der Waals surface area contributed by atoms with Crippen molar-refractivity contribution in [1.29, 1.82) is 0 Å². The second-order valence-electron chi connectivity index (χ2n) is 9.87. The van der Waals surface area contributed by atoms with Crippen LogP contribution in [0.5, 0.6) is 11.5 Å². The van der Waals surface area contributed by atoms with E-state index in [2.05, 4.69) is 23.1 Å². The average molecular weight is 783 g/mol. The van der Waals surface area contributed by atoms with E-state index in [0.717, 1.165) is 10.8 Å². The summed E-state index contributed by atoms with van der Waals surface area (Å²) in [4.78, 5) is 72.1. The molecule has 2 aromatic heterocycles. The monoisotopic (exact) mass is 783 g/mol. The van der Waals surface area contributed by atoms with Crippen LogP contribution in [0.2, 0.25) is 0 Å². The Kier molecular flexibility index (Phi) is 13.4. The summed E-state index contributed by atoms with van der Waals surface area (Å²) < 4.78 is 65.6. The predicted molar refractivity (Wildman–Crippen MR) is 151 cm³/mol. The van der Waals surface area contributed by atoms with Crippen LogP contribution in [-0.4, -0.2) is 114 Å². The molecule has 2 aliphatic rings. The summed E-state index contributed by atoms with van der Waals surface area (Å²) in [6, 6.07) is 0. The summed E-state index contributed by atoms with van der Waals surface area (Å²) in [5.74, 6) is -0.323. The molecule has 11 atom stereocenters. The highest BCUT2D eigenvalue weighted by Crippen LogP contribution is 2.61. The number of anilines is 2. The maximum atomic E-state index is 12.0. The second-order valence-corrected chi connectivity index (χ2v) is 14.2. The summed E-state index contributed by atoms with van der Waals surface area (Å²) in [7, 11) is -15.3. The van der Waals surface area contributed by atoms with Gasteiger partial charge in [0.1, 0.15) is 36.6 Å². The number of phosphoric acid groups is 3. The van der Waals surface area contributed by atoms with Crippen molar-refractivity contribution >= 4 is 35.1 Å². The summed E-state index contributed by atoms with van der Waals surface area (Å²) in [6.07, 6.45) is -9.52. The normalized spacial score (nSPS) is 30.0. The minimum absolute atomic E-state index is 0.0875. The van der Waals surface area contributed by atoms with Crippen LogP contribution in [0.15, 0.2) is 22.0 Å². The molecule has 3 unspecified atom stereocenters. The lowest BCUT2D eigenvalue weighted by atomic mass is 10.1. The highest BCUT2D eigenvalue weighted by Gasteiger charge is 2.46. The predicted octanol–water partition coefficient (Wildman–Crippen LogP) is -6.65. The zero-order chi connectivity index (χ0) is 37.9. The highest BCUT2D eigenvalue weighted by molar-refractivity contribution is 7.65. The summed E-state index contributed by atoms with van der Waals surface area (Å²) in [5, 5.41) is 48.6. The van der Waals surface area contributed by atoms with Gasteiger partial charge in [-0.3, -0.25) is 22.8 Å². The van der Waals surface area contributed by atoms with Crippen LogP contribution in [0.3, 0.4) is 0 Å². The SMILES string of the molecule is COc1cn([C@@H]2O[C@H](CO)[C@@H](O)[C@H]2O)c(=O)nc1N.COc1cn([C@@H]2O[C@H](COP(=O)([O-])OP(=O)([O-])OP(=O)([O-])O)[C@@H](O)[C@H]2O)c(=O)nc1N. The van der Waals surface area contributed by atoms with Crippen molar-refractivity contribution in [3.8, 4) is 11.5 Å². The van der Waals surface area contributed by atoms with E-state index in [1.165, 1.54) is 20.4 Å². The quantitative estimate of drug-likeness (QED) is 0.0927. The molecule has 10 N–H and O–H groups in total. The van der Waals surface area contributed by atoms with Gasteiger partial charge in [-0.15, -0.1) is 0 Å². The number of aliphatic hydroxyl groups excluding tert-OH is 5. The van der Waals surface area contributed by atoms with Gasteiger partial charge in [-0.05, 0) is 0 Å². The third-order valence-corrected chi connectivity index (χ3v) is 10.2. The summed E-state index contributed by atoms with van der Waals surface area (Å²) in [6.45, 7) is -1.64. The molecule has 0 saturated carbocycles. The van der Waals surface area contributed by atoms with E-state index in [0.29, 0.717) is 4.57 Å². The van der Waals surface area contributed by atoms with Gasteiger partial charge < -0.3 is 80.0 Å². The number of hydrogen-bond donors (Lipinski definition) is 8. The Hall–Kier alpha value is -2.91. The molecular weight excluding hydrogens is 753 g/mol. The topological polar surface area (TPSA) is 428 Å². The standard InChI is InChI=1S/C10H18N3O15P3.C10H15N3O6/c1-24-4-2-13(10(16)12-8(4)11)9-7(15)6(14)5(26-9)3-25-30(20,21)28-31(22,23)27-29(17,18)19;1-18-4-2-13(10(17)12-8(4)11)9-7(16)6(15)5(3-14)19-9/h2,5-7,9,14-15H,3H2,1H3,(H,20,21)(H,22,23)(H2,11,12,16)(H2,17,18,19);2,5-7,9,14-16H,3H2,1H3,(H2,11,12,17)/p-3/t2*5-,6-,7-,9-/m11/s1. The number of aromatic nitrogens is 4. The molecule has 30 heteroatoms. The van der Waals surface area contributed by atoms with E-state index < -0.39 is 97.1 Å². The van der Waals surface area contributed by atoms with E-state index in [4.69, 9.17) is 40.4 Å². The molecule has 2 aromatic rings. The van der Waals surface area contributed by atoms with Crippen molar-refractivity contribution in [2.75, 3.05) is 38.9 Å². The summed E-state index contributed by atoms with van der Waals surface area (Å²) >= 11 is 0. The Morgan fingerprint density at radius 3 is 1.58 bits per heavy atom. The van der Waals surface area contributed by atoms with Gasteiger partial charge in [-0.2, -0.15) is 9.97 Å². The molecule has 284 valence electrons. The molecule has 0 bridgehead atoms. The number of nitrogens with zero attached hydrogens (tertiary/aromatic N) is 4. The van der Waals surface area contributed by atoms with Crippen molar-refractivity contribution in [1.82, 2.24) is 19.1 Å². The van der Waals surface area contributed by atoms with Crippen LogP contribution in [0, 0.1) is 0 Å². The third kappa shape index (κ3) is 10.1. The van der Waals surface area contributed by atoms with E-state index in [1.54, 1.807) is 0 Å². The summed E-state index contributed by atoms with van der Waals surface area (Å²) in [5.41, 5.74) is 9.15. The minimum Gasteiger partial charge on any atom is -0.756 e. The van der Waals surface area contributed by atoms with Crippen LogP contribution in [0.1, 0.15) is 12.5 Å². The first-order valence-corrected chi connectivity index (χ1v) is 17.7. The minimum atomic E-state index is -6.11. The van der Waals surface area contributed by atoms with Crippen molar-refractivity contribution in [3.05, 3.63) is 33.4 Å². The van der Waals surface area contributed by atoms with E-state index in [1.807, 2.05) is 0 Å². The number of nitrogen functional groups attached to an aromatic ring is 2. The number of aliphatic hydroxyl groups is 5. The Bertz CT molecular complexity index is 1770. The lowest BCUT2D eigenvalue weighted by molar-refractivity contribution is -0.250. The van der Waals surface area contributed by atoms with Crippen molar-refractivity contribution < 1.29 is 90.9 Å². The van der Waals surface area contributed by atoms with Gasteiger partial charge in [0.2, 0.25) is 0 Å². The molecule has 0 spiro atoms. The first-order chi connectivity index (χ1) is 23.0. The molecule has 0 radical (unpaired) electrons. The largest absolute Gasteiger partial charge is 0.756 e. The van der Waals surface area contributed by atoms with Gasteiger partial charge in [-0.25, -0.2) is 18.2 Å². The first-order valence-electron chi connectivity index (χ1n) is 13.3. The fraction of sp³-hybridized carbons (Fsp3) is 0.600. The van der Waals surface area contributed by atoms with E-state index in [-0.39, 0.29) is 23.1 Å². The van der Waals surface area contributed by atoms with Gasteiger partial charge >= 0.3 is 11.4 Å². The van der Waals surface area contributed by atoms with Crippen LogP contribution in [0.4, 0.5) is 11.6 Å². The van der Waals surface area contributed by atoms with Crippen LogP contribution in [-0.2, 0) is 36.3 Å². The van der Waals surface area contributed by atoms with E-state index in [9.17, 15) is 58.4 Å². The number of hydrogen-bond acceptors (Lipinski definition) is 24. The Labute approximate surface area is 278 Å². The first kappa shape index (κ1) is 41.5. The van der Waals surface area contributed by atoms with Crippen LogP contribution in [0.25, 0.3) is 0 Å². The highest BCUT2D eigenvalue weighted by atomic mass is 31.3. The Morgan fingerprint density at radius 1 is 0.780 bits per heavy atom. The Balaban J connectivity index is 0.000000303. The zero-order valence-electron chi connectivity index (χ0n) is 25.3. The number of methoxy groups -OCH3 is 2. The van der Waals surface area contributed by atoms with Gasteiger partial charge in [-0.1, -0.05) is 0 Å². The van der Waals surface area contributed by atoms with Gasteiger partial charge in [0.05, 0.1) is 39.8 Å². The lowest BCUT2D eigenvalue weighted by Crippen LogP contribution is -2.36. The number of rotatable bonds is 12. The molecule has 2 fully saturated rings. The average Bonchev–Trinajstić information content (AvgIpc) is 3.44. The van der Waals surface area contributed by atoms with Crippen molar-refractivity contribution in [2.45, 2.75) is 49.1 Å². The van der Waals surface area contributed by atoms with Gasteiger partial charge in [0, 0.05) is 0 Å². The molecular formula is C20H30N6O21P3-3. The fourth-order valence-corrected chi connectivity index (χ4v) is 7.16. The van der Waals surface area contributed by atoms with Gasteiger partial charge in [0.25, 0.3) is 23.5 Å². The molecule has 2 aliphatic heterocycles. The number of nitrogens with two attached hydrogens (primary N) is 2. The smallest absolute Gasteiger partial charge is 0.351 e. The molecule has 50 heavy (non-hydrogen) atoms. The van der Waals surface area contributed by atoms with Gasteiger partial charge in [0.15, 0.2) is 35.6 Å². The Morgan fingerprint density at radius 2 is 1.20 bits per heavy atom. The number of ether oxygens (including phenoxy) is 4. The molecule has 27 nitrogen and oxygen atoms in total. The maximum absolute atomic E-state index is 12.0. The van der Waals surface area contributed by atoms with Crippen molar-refractivity contribution in [2.24, 2.45) is 0 Å². The molecule has 4 heterocycles. The third-order valence-electron chi connectivity index (χ3n) is 6.53. The second kappa shape index (κ2) is 16.2. The van der Waals surface area contributed by atoms with Crippen LogP contribution >= 0.6 is 23.5 Å². The van der Waals surface area contributed by atoms with Crippen molar-refractivity contribution in [3.63, 3.8) is 0 Å².